The van der Waals surface area contributed by atoms with Crippen molar-refractivity contribution in [3.05, 3.63) is 102 Å². The lowest BCUT2D eigenvalue weighted by Crippen LogP contribution is -2.35. The Morgan fingerprint density at radius 3 is 2.45 bits per heavy atom. The Labute approximate surface area is 252 Å². The molecule has 1 saturated carbocycles. The molecule has 5 aromatic rings. The minimum atomic E-state index is -4.39. The van der Waals surface area contributed by atoms with Crippen LogP contribution in [0.3, 0.4) is 0 Å². The number of rotatable bonds is 6. The predicted molar refractivity (Wildman–Crippen MR) is 163 cm³/mol. The first-order valence-corrected chi connectivity index (χ1v) is 15.6. The molecule has 6 rings (SSSR count). The number of nitrogens with zero attached hydrogens (tertiary/aromatic N) is 3. The summed E-state index contributed by atoms with van der Waals surface area (Å²) in [5, 5.41) is 13.4. The molecule has 44 heavy (non-hydrogen) atoms. The van der Waals surface area contributed by atoms with Gasteiger partial charge in [-0.3, -0.25) is 0 Å². The molecule has 0 unspecified atom stereocenters. The third-order valence-electron chi connectivity index (χ3n) is 7.99. The quantitative estimate of drug-likeness (QED) is 0.215. The van der Waals surface area contributed by atoms with E-state index in [-0.39, 0.29) is 50.6 Å². The van der Waals surface area contributed by atoms with Gasteiger partial charge in [0.15, 0.2) is 17.5 Å². The zero-order valence-electron chi connectivity index (χ0n) is 23.7. The maximum Gasteiger partial charge on any atom is 0.268 e. The summed E-state index contributed by atoms with van der Waals surface area (Å²) in [4.78, 5) is 4.38. The first kappa shape index (κ1) is 29.4. The molecule has 224 valence electrons. The van der Waals surface area contributed by atoms with E-state index in [4.69, 9.17) is 5.73 Å². The van der Waals surface area contributed by atoms with Gasteiger partial charge in [-0.25, -0.2) is 30.5 Å². The smallest absolute Gasteiger partial charge is 0.268 e. The number of benzene rings is 3. The van der Waals surface area contributed by atoms with Crippen molar-refractivity contribution in [2.45, 2.75) is 49.6 Å². The Morgan fingerprint density at radius 2 is 1.77 bits per heavy atom. The molecule has 2 heterocycles. The number of nitriles is 1. The second-order valence-electron chi connectivity index (χ2n) is 11.1. The van der Waals surface area contributed by atoms with Crippen LogP contribution in [0.25, 0.3) is 33.3 Å². The highest BCUT2D eigenvalue weighted by atomic mass is 32.2. The fourth-order valence-electron chi connectivity index (χ4n) is 5.84. The lowest BCUT2D eigenvalue weighted by Gasteiger charge is -2.28. The van der Waals surface area contributed by atoms with Gasteiger partial charge >= 0.3 is 0 Å². The maximum absolute atomic E-state index is 16.3. The van der Waals surface area contributed by atoms with Crippen molar-refractivity contribution >= 4 is 26.7 Å². The molecule has 3 aromatic carbocycles. The van der Waals surface area contributed by atoms with Gasteiger partial charge in [0.05, 0.1) is 16.2 Å². The van der Waals surface area contributed by atoms with E-state index in [1.54, 1.807) is 49.4 Å². The first-order chi connectivity index (χ1) is 21.1. The van der Waals surface area contributed by atoms with Crippen molar-refractivity contribution < 1.29 is 21.6 Å². The normalized spacial score (nSPS) is 17.0. The molecule has 2 aromatic heterocycles. The molecule has 0 saturated heterocycles. The number of hydrogen-bond donors (Lipinski definition) is 2. The van der Waals surface area contributed by atoms with Crippen LogP contribution in [-0.2, 0) is 10.0 Å². The third-order valence-corrected chi connectivity index (χ3v) is 9.66. The van der Waals surface area contributed by atoms with E-state index in [1.165, 1.54) is 12.1 Å². The molecule has 0 bridgehead atoms. The second kappa shape index (κ2) is 11.4. The Bertz CT molecular complexity index is 2040. The number of fused-ring (bicyclic) bond motifs is 1. The zero-order valence-corrected chi connectivity index (χ0v) is 24.5. The number of anilines is 1. The van der Waals surface area contributed by atoms with Gasteiger partial charge in [-0.05, 0) is 56.4 Å². The van der Waals surface area contributed by atoms with Crippen molar-refractivity contribution in [2.75, 3.05) is 5.32 Å². The zero-order chi connectivity index (χ0) is 31.2. The summed E-state index contributed by atoms with van der Waals surface area (Å²) in [5.74, 6) is -3.03. The Kier molecular flexibility index (Phi) is 7.65. The molecule has 0 spiro atoms. The topological polar surface area (TPSA) is 114 Å². The summed E-state index contributed by atoms with van der Waals surface area (Å²) >= 11 is 0. The maximum atomic E-state index is 16.3. The van der Waals surface area contributed by atoms with Gasteiger partial charge in [-0.2, -0.15) is 5.26 Å². The number of nitrogens with one attached hydrogen (secondary N) is 1. The molecule has 1 fully saturated rings. The van der Waals surface area contributed by atoms with E-state index in [2.05, 4.69) is 10.3 Å². The number of nitrogens with two attached hydrogens (primary N) is 1. The number of hydrogen-bond acceptors (Lipinski definition) is 6. The van der Waals surface area contributed by atoms with E-state index < -0.39 is 33.0 Å². The van der Waals surface area contributed by atoms with Gasteiger partial charge < -0.3 is 11.1 Å². The summed E-state index contributed by atoms with van der Waals surface area (Å²) in [7, 11) is -4.39. The minimum absolute atomic E-state index is 0.0498. The summed E-state index contributed by atoms with van der Waals surface area (Å²) in [6, 6.07) is 17.7. The average molecular weight is 616 g/mol. The second-order valence-corrected chi connectivity index (χ2v) is 12.9. The van der Waals surface area contributed by atoms with Crippen LogP contribution in [0.4, 0.5) is 19.0 Å². The van der Waals surface area contributed by atoms with Crippen LogP contribution in [-0.4, -0.2) is 29.5 Å². The highest BCUT2D eigenvalue weighted by Crippen LogP contribution is 2.41. The van der Waals surface area contributed by atoms with Crippen molar-refractivity contribution in [1.29, 1.82) is 5.26 Å². The average Bonchev–Trinajstić information content (AvgIpc) is 3.39. The summed E-state index contributed by atoms with van der Waals surface area (Å²) in [5.41, 5.74) is 6.48. The van der Waals surface area contributed by atoms with E-state index in [9.17, 15) is 18.1 Å². The highest BCUT2D eigenvalue weighted by Gasteiger charge is 2.30. The van der Waals surface area contributed by atoms with E-state index in [0.717, 1.165) is 41.1 Å². The number of aryl methyl sites for hydroxylation is 1. The Morgan fingerprint density at radius 1 is 1.05 bits per heavy atom. The van der Waals surface area contributed by atoms with Gasteiger partial charge in [0.2, 0.25) is 0 Å². The molecule has 3 N–H and O–H groups in total. The van der Waals surface area contributed by atoms with E-state index in [1.807, 2.05) is 6.07 Å². The van der Waals surface area contributed by atoms with E-state index in [0.29, 0.717) is 18.1 Å². The minimum Gasteiger partial charge on any atom is -0.365 e. The molecule has 0 amide bonds. The summed E-state index contributed by atoms with van der Waals surface area (Å²) in [6.07, 6.45) is 4.07. The summed E-state index contributed by atoms with van der Waals surface area (Å²) < 4.78 is 74.9. The molecular weight excluding hydrogens is 587 g/mol. The van der Waals surface area contributed by atoms with Crippen molar-refractivity contribution in [3.8, 4) is 28.5 Å². The highest BCUT2D eigenvalue weighted by molar-refractivity contribution is 7.90. The molecular formula is C33H28F3N5O2S. The molecule has 11 heteroatoms. The number of pyridine rings is 1. The molecule has 0 radical (unpaired) electrons. The van der Waals surface area contributed by atoms with Crippen LogP contribution in [0.15, 0.2) is 77.8 Å². The van der Waals surface area contributed by atoms with Gasteiger partial charge in [0.25, 0.3) is 10.0 Å². The van der Waals surface area contributed by atoms with Gasteiger partial charge in [0.1, 0.15) is 17.4 Å². The molecule has 2 atom stereocenters. The Hall–Kier alpha value is -4.66. The van der Waals surface area contributed by atoms with Gasteiger partial charge in [0, 0.05) is 40.9 Å². The fraction of sp³-hybridized carbons (Fsp3) is 0.212. The van der Waals surface area contributed by atoms with Gasteiger partial charge in [-0.15, -0.1) is 0 Å². The largest absolute Gasteiger partial charge is 0.365 e. The van der Waals surface area contributed by atoms with Crippen molar-refractivity contribution in [3.63, 3.8) is 0 Å². The van der Waals surface area contributed by atoms with Crippen molar-refractivity contribution in [1.82, 2.24) is 8.96 Å². The van der Waals surface area contributed by atoms with E-state index >= 15 is 8.78 Å². The van der Waals surface area contributed by atoms with Crippen LogP contribution < -0.4 is 11.1 Å². The van der Waals surface area contributed by atoms with Crippen LogP contribution in [0.5, 0.6) is 0 Å². The number of aromatic nitrogens is 2. The molecule has 0 aliphatic heterocycles. The SMILES string of the molecule is Cc1ccc(S(=O)(=O)n2cc(-c3nc(N[C@H]4CCC[C@@H](N)C4)c(F)c(-c4ccccc4)c3C#N)c3cc(F)cc(F)c32)cc1. The number of halogens is 3. The lowest BCUT2D eigenvalue weighted by atomic mass is 9.91. The predicted octanol–water partition coefficient (Wildman–Crippen LogP) is 6.89. The molecule has 1 aliphatic rings. The van der Waals surface area contributed by atoms with Crippen molar-refractivity contribution in [2.24, 2.45) is 5.73 Å². The standard InChI is InChI=1S/C33H28F3N5O2S/c1-19-10-12-24(13-11-19)44(42,43)41-18-27(25-14-21(34)15-28(35)32(25)41)31-26(17-37)29(20-6-3-2-4-7-20)30(36)33(40-31)39-23-9-5-8-22(38)16-23/h2-4,6-7,10-15,18,22-23H,5,8-9,16,38H2,1H3,(H,39,40)/t22-,23+/m1/s1. The summed E-state index contributed by atoms with van der Waals surface area (Å²) in [6.45, 7) is 1.79. The van der Waals surface area contributed by atoms with Gasteiger partial charge in [-0.1, -0.05) is 48.0 Å². The third kappa shape index (κ3) is 5.20. The first-order valence-electron chi connectivity index (χ1n) is 14.1. The van der Waals surface area contributed by atoms with Crippen LogP contribution in [0.2, 0.25) is 0 Å². The Balaban J connectivity index is 1.65. The van der Waals surface area contributed by atoms with Crippen LogP contribution in [0.1, 0.15) is 36.8 Å². The van der Waals surface area contributed by atoms with Crippen LogP contribution in [0, 0.1) is 35.7 Å². The molecule has 1 aliphatic carbocycles. The monoisotopic (exact) mass is 615 g/mol. The molecule has 7 nitrogen and oxygen atoms in total. The fourth-order valence-corrected chi connectivity index (χ4v) is 7.22. The van der Waals surface area contributed by atoms with Crippen LogP contribution >= 0.6 is 0 Å². The lowest BCUT2D eigenvalue weighted by molar-refractivity contribution is 0.407.